The zero-order chi connectivity index (χ0) is 23.4. The van der Waals surface area contributed by atoms with Crippen molar-refractivity contribution in [2.45, 2.75) is 24.6 Å². The first-order valence-electron chi connectivity index (χ1n) is 10.1. The van der Waals surface area contributed by atoms with Crippen LogP contribution in [0.3, 0.4) is 0 Å². The van der Waals surface area contributed by atoms with Crippen molar-refractivity contribution >= 4 is 17.8 Å². The second-order valence-electron chi connectivity index (χ2n) is 7.25. The average molecular weight is 452 g/mol. The molecule has 10 heteroatoms. The fourth-order valence-electron chi connectivity index (χ4n) is 3.39. The molecule has 4 rings (SSSR count). The lowest BCUT2D eigenvalue weighted by molar-refractivity contribution is -0.0591. The Morgan fingerprint density at radius 2 is 1.61 bits per heavy atom. The van der Waals surface area contributed by atoms with Crippen molar-refractivity contribution in [3.05, 3.63) is 94.5 Å². The number of rotatable bonds is 6. The van der Waals surface area contributed by atoms with E-state index in [2.05, 4.69) is 4.98 Å². The summed E-state index contributed by atoms with van der Waals surface area (Å²) in [5.41, 5.74) is 5.16. The van der Waals surface area contributed by atoms with Crippen molar-refractivity contribution in [2.75, 3.05) is 12.3 Å². The predicted molar refractivity (Wildman–Crippen MR) is 114 cm³/mol. The fourth-order valence-corrected chi connectivity index (χ4v) is 3.39. The Hall–Kier alpha value is -4.05. The third-order valence-corrected chi connectivity index (χ3v) is 5.03. The van der Waals surface area contributed by atoms with E-state index in [-0.39, 0.29) is 11.4 Å². The molecule has 0 radical (unpaired) electrons. The van der Waals surface area contributed by atoms with Gasteiger partial charge in [0.15, 0.2) is 18.5 Å². The van der Waals surface area contributed by atoms with Gasteiger partial charge in [0.1, 0.15) is 18.5 Å². The average Bonchev–Trinajstić information content (AvgIpc) is 3.13. The molecule has 2 N–H and O–H groups in total. The molecule has 33 heavy (non-hydrogen) atoms. The van der Waals surface area contributed by atoms with E-state index in [1.807, 2.05) is 0 Å². The van der Waals surface area contributed by atoms with Crippen LogP contribution in [0.15, 0.2) is 77.7 Å². The van der Waals surface area contributed by atoms with Crippen molar-refractivity contribution in [1.29, 1.82) is 0 Å². The number of carbonyl (C=O) groups excluding carboxylic acids is 2. The molecule has 1 aliphatic rings. The van der Waals surface area contributed by atoms with Crippen LogP contribution in [0.4, 0.5) is 10.2 Å². The number of halogens is 1. The molecule has 170 valence electrons. The molecule has 3 aromatic rings. The van der Waals surface area contributed by atoms with E-state index >= 15 is 4.39 Å². The summed E-state index contributed by atoms with van der Waals surface area (Å²) in [6, 6.07) is 17.5. The van der Waals surface area contributed by atoms with Gasteiger partial charge in [0.2, 0.25) is 0 Å². The molecular formula is C23H20FN3O6. The summed E-state index contributed by atoms with van der Waals surface area (Å²) in [5.74, 6) is -1.47. The Morgan fingerprint density at radius 1 is 1.00 bits per heavy atom. The number of alkyl halides is 1. The van der Waals surface area contributed by atoms with Gasteiger partial charge in [-0.2, -0.15) is 4.98 Å². The van der Waals surface area contributed by atoms with Crippen molar-refractivity contribution in [2.24, 2.45) is 0 Å². The highest BCUT2D eigenvalue weighted by Crippen LogP contribution is 2.34. The minimum absolute atomic E-state index is 0.0370. The van der Waals surface area contributed by atoms with Crippen LogP contribution < -0.4 is 11.4 Å². The highest BCUT2D eigenvalue weighted by atomic mass is 18.2. The monoisotopic (exact) mass is 452 g/mol. The Morgan fingerprint density at radius 3 is 2.21 bits per heavy atom. The maximum Gasteiger partial charge on any atom is 0.351 e. The normalized spacial score (nSPS) is 22.0. The van der Waals surface area contributed by atoms with Gasteiger partial charge in [-0.3, -0.25) is 4.57 Å². The van der Waals surface area contributed by atoms with Crippen molar-refractivity contribution in [3.8, 4) is 0 Å². The molecule has 0 bridgehead atoms. The fraction of sp³-hybridized carbons (Fsp3) is 0.217. The van der Waals surface area contributed by atoms with Gasteiger partial charge in [0, 0.05) is 6.20 Å². The van der Waals surface area contributed by atoms with E-state index in [4.69, 9.17) is 19.9 Å². The summed E-state index contributed by atoms with van der Waals surface area (Å²) >= 11 is 0. The van der Waals surface area contributed by atoms with Crippen LogP contribution in [0.5, 0.6) is 0 Å². The number of hydrogen-bond acceptors (Lipinski definition) is 8. The van der Waals surface area contributed by atoms with E-state index in [1.165, 1.54) is 24.4 Å². The predicted octanol–water partition coefficient (Wildman–Crippen LogP) is 2.14. The molecule has 1 fully saturated rings. The lowest BCUT2D eigenvalue weighted by atomic mass is 10.1. The molecule has 2 heterocycles. The van der Waals surface area contributed by atoms with Crippen LogP contribution in [0.25, 0.3) is 0 Å². The number of benzene rings is 2. The minimum Gasteiger partial charge on any atom is -0.459 e. The van der Waals surface area contributed by atoms with Crippen LogP contribution in [0, 0.1) is 0 Å². The summed E-state index contributed by atoms with van der Waals surface area (Å²) in [6.45, 7) is -0.408. The molecule has 0 aliphatic carbocycles. The maximum atomic E-state index is 15.4. The van der Waals surface area contributed by atoms with Crippen LogP contribution in [-0.2, 0) is 14.2 Å². The second-order valence-corrected chi connectivity index (χ2v) is 7.25. The quantitative estimate of drug-likeness (QED) is 0.565. The van der Waals surface area contributed by atoms with E-state index in [9.17, 15) is 14.4 Å². The summed E-state index contributed by atoms with van der Waals surface area (Å²) in [4.78, 5) is 40.7. The molecule has 0 saturated carbocycles. The molecule has 0 spiro atoms. The molecule has 2 aromatic carbocycles. The molecule has 4 atom stereocenters. The van der Waals surface area contributed by atoms with E-state index < -0.39 is 48.8 Å². The number of ether oxygens (including phenoxy) is 3. The molecule has 1 aliphatic heterocycles. The van der Waals surface area contributed by atoms with Crippen molar-refractivity contribution in [1.82, 2.24) is 9.55 Å². The summed E-state index contributed by atoms with van der Waals surface area (Å²) in [7, 11) is 0. The van der Waals surface area contributed by atoms with Crippen LogP contribution in [0.2, 0.25) is 0 Å². The highest BCUT2D eigenvalue weighted by Gasteiger charge is 2.49. The Kier molecular flexibility index (Phi) is 6.45. The molecular weight excluding hydrogens is 432 g/mol. The van der Waals surface area contributed by atoms with Gasteiger partial charge in [-0.1, -0.05) is 36.4 Å². The van der Waals surface area contributed by atoms with Gasteiger partial charge in [0.25, 0.3) is 0 Å². The summed E-state index contributed by atoms with van der Waals surface area (Å²) in [6.07, 6.45) is -4.79. The third-order valence-electron chi connectivity index (χ3n) is 5.03. The lowest BCUT2D eigenvalue weighted by Crippen LogP contribution is -2.37. The summed E-state index contributed by atoms with van der Waals surface area (Å²) in [5, 5.41) is 0. The van der Waals surface area contributed by atoms with Crippen LogP contribution in [0.1, 0.15) is 26.9 Å². The SMILES string of the molecule is Nc1ccn(C2OC(COC(=O)c3ccccc3)C(OC(=O)c3ccccc3)C2[18F])c(=O)n1. The van der Waals surface area contributed by atoms with Crippen molar-refractivity contribution in [3.63, 3.8) is 0 Å². The van der Waals surface area contributed by atoms with Crippen LogP contribution >= 0.6 is 0 Å². The van der Waals surface area contributed by atoms with Crippen molar-refractivity contribution < 1.29 is 28.2 Å². The molecule has 9 nitrogen and oxygen atoms in total. The zero-order valence-corrected chi connectivity index (χ0v) is 17.2. The number of anilines is 1. The van der Waals surface area contributed by atoms with Crippen LogP contribution in [-0.4, -0.2) is 46.5 Å². The number of nitrogens with zero attached hydrogens (tertiary/aromatic N) is 2. The number of esters is 2. The smallest absolute Gasteiger partial charge is 0.351 e. The van der Waals surface area contributed by atoms with Gasteiger partial charge < -0.3 is 19.9 Å². The van der Waals surface area contributed by atoms with Gasteiger partial charge in [0.05, 0.1) is 11.1 Å². The number of carbonyl (C=O) groups is 2. The molecule has 4 unspecified atom stereocenters. The highest BCUT2D eigenvalue weighted by molar-refractivity contribution is 5.90. The lowest BCUT2D eigenvalue weighted by Gasteiger charge is -2.19. The maximum absolute atomic E-state index is 15.4. The largest absolute Gasteiger partial charge is 0.459 e. The Balaban J connectivity index is 1.56. The van der Waals surface area contributed by atoms with Gasteiger partial charge >= 0.3 is 17.6 Å². The first kappa shape index (κ1) is 22.2. The number of nitrogens with two attached hydrogens (primary N) is 1. The number of hydrogen-bond donors (Lipinski definition) is 1. The standard InChI is InChI=1S/C23H20FN3O6/c24-18-19(33-22(29)15-9-5-2-6-10-15)16(13-31-21(28)14-7-3-1-4-8-14)32-20(18)27-12-11-17(25)26-23(27)30/h1-12,16,18-20H,13H2,(H2,25,26,30)/i24-1. The Labute approximate surface area is 187 Å². The first-order valence-corrected chi connectivity index (χ1v) is 10.1. The second kappa shape index (κ2) is 9.61. The minimum atomic E-state index is -1.94. The molecule has 1 saturated heterocycles. The summed E-state index contributed by atoms with van der Waals surface area (Å²) < 4.78 is 32.7. The topological polar surface area (TPSA) is 123 Å². The zero-order valence-electron chi connectivity index (χ0n) is 17.2. The number of nitrogen functional groups attached to an aromatic ring is 1. The Bertz CT molecular complexity index is 1190. The van der Waals surface area contributed by atoms with Gasteiger partial charge in [-0.25, -0.2) is 18.8 Å². The first-order chi connectivity index (χ1) is 15.9. The van der Waals surface area contributed by atoms with Gasteiger partial charge in [-0.05, 0) is 30.3 Å². The molecule has 0 amide bonds. The van der Waals surface area contributed by atoms with E-state index in [0.29, 0.717) is 5.56 Å². The van der Waals surface area contributed by atoms with Gasteiger partial charge in [-0.15, -0.1) is 0 Å². The molecule has 1 aromatic heterocycles. The van der Waals surface area contributed by atoms with E-state index in [0.717, 1.165) is 4.57 Å². The third kappa shape index (κ3) is 4.90. The van der Waals surface area contributed by atoms with E-state index in [1.54, 1.807) is 48.5 Å². The number of aromatic nitrogens is 2.